The van der Waals surface area contributed by atoms with Crippen LogP contribution in [0.1, 0.15) is 19.8 Å². The van der Waals surface area contributed by atoms with E-state index in [4.69, 9.17) is 0 Å². The summed E-state index contributed by atoms with van der Waals surface area (Å²) in [6, 6.07) is 0. The second-order valence-corrected chi connectivity index (χ2v) is 2.38. The van der Waals surface area contributed by atoms with Crippen LogP contribution in [0.2, 0.25) is 0 Å². The molecule has 0 N–H and O–H groups in total. The van der Waals surface area contributed by atoms with Crippen LogP contribution in [0.4, 0.5) is 0 Å². The van der Waals surface area contributed by atoms with Gasteiger partial charge in [0.1, 0.15) is 0 Å². The second-order valence-electron chi connectivity index (χ2n) is 2.38. The quantitative estimate of drug-likeness (QED) is 0.343. The molecule has 0 aromatic heterocycles. The predicted molar refractivity (Wildman–Crippen MR) is 31.5 cm³/mol. The molecule has 1 heterocycles. The van der Waals surface area contributed by atoms with E-state index >= 15 is 0 Å². The zero-order valence-electron chi connectivity index (χ0n) is 5.85. The molecule has 0 spiro atoms. The van der Waals surface area contributed by atoms with Crippen LogP contribution in [0.25, 0.3) is 5.32 Å². The molecular formula is C6H12LiN. The predicted octanol–water partition coefficient (Wildman–Crippen LogP) is -1.21. The van der Waals surface area contributed by atoms with Gasteiger partial charge in [-0.15, -0.1) is 13.1 Å². The van der Waals surface area contributed by atoms with E-state index in [1.807, 2.05) is 0 Å². The number of piperidine rings is 1. The number of hydrogen-bond acceptors (Lipinski definition) is 0. The van der Waals surface area contributed by atoms with E-state index < -0.39 is 0 Å². The smallest absolute Gasteiger partial charge is 0.662 e. The van der Waals surface area contributed by atoms with Gasteiger partial charge in [-0.1, -0.05) is 25.7 Å². The van der Waals surface area contributed by atoms with E-state index in [0.717, 1.165) is 19.0 Å². The summed E-state index contributed by atoms with van der Waals surface area (Å²) >= 11 is 0. The van der Waals surface area contributed by atoms with Gasteiger partial charge in [0.25, 0.3) is 0 Å². The Balaban J connectivity index is 0.000000490. The Labute approximate surface area is 63.4 Å². The average molecular weight is 105 g/mol. The van der Waals surface area contributed by atoms with Crippen LogP contribution in [-0.2, 0) is 0 Å². The second kappa shape index (κ2) is 4.44. The summed E-state index contributed by atoms with van der Waals surface area (Å²) in [4.78, 5) is 0. The normalized spacial score (nSPS) is 28.9. The average Bonchev–Trinajstić information content (AvgIpc) is 1.69. The first-order chi connectivity index (χ1) is 3.39. The maximum absolute atomic E-state index is 4.26. The summed E-state index contributed by atoms with van der Waals surface area (Å²) in [7, 11) is 0. The first-order valence-corrected chi connectivity index (χ1v) is 3.03. The van der Waals surface area contributed by atoms with E-state index in [9.17, 15) is 0 Å². The van der Waals surface area contributed by atoms with Gasteiger partial charge >= 0.3 is 18.9 Å². The van der Waals surface area contributed by atoms with Gasteiger partial charge in [0.2, 0.25) is 0 Å². The maximum Gasteiger partial charge on any atom is 1.00 e. The van der Waals surface area contributed by atoms with Gasteiger partial charge < -0.3 is 5.32 Å². The van der Waals surface area contributed by atoms with Crippen molar-refractivity contribution in [3.63, 3.8) is 0 Å². The van der Waals surface area contributed by atoms with Crippen molar-refractivity contribution in [3.8, 4) is 0 Å². The summed E-state index contributed by atoms with van der Waals surface area (Å²) in [5, 5.41) is 4.26. The molecule has 42 valence electrons. The molecule has 1 aliphatic heterocycles. The molecule has 8 heavy (non-hydrogen) atoms. The van der Waals surface area contributed by atoms with Crippen LogP contribution >= 0.6 is 0 Å². The van der Waals surface area contributed by atoms with Gasteiger partial charge in [-0.2, -0.15) is 0 Å². The maximum atomic E-state index is 4.26. The Morgan fingerprint density at radius 3 is 2.50 bits per heavy atom. The minimum atomic E-state index is 0. The molecule has 1 rings (SSSR count). The van der Waals surface area contributed by atoms with Crippen molar-refractivity contribution in [2.75, 3.05) is 13.1 Å². The molecule has 0 aromatic rings. The van der Waals surface area contributed by atoms with Crippen molar-refractivity contribution >= 4 is 0 Å². The minimum Gasteiger partial charge on any atom is -0.662 e. The first-order valence-electron chi connectivity index (χ1n) is 3.03. The van der Waals surface area contributed by atoms with Crippen LogP contribution in [0, 0.1) is 5.92 Å². The molecule has 1 atom stereocenters. The van der Waals surface area contributed by atoms with Crippen molar-refractivity contribution in [1.82, 2.24) is 0 Å². The van der Waals surface area contributed by atoms with Crippen LogP contribution in [0.3, 0.4) is 0 Å². The molecule has 1 fully saturated rings. The molecule has 1 saturated heterocycles. The topological polar surface area (TPSA) is 14.1 Å². The molecule has 0 radical (unpaired) electrons. The van der Waals surface area contributed by atoms with Gasteiger partial charge in [0.05, 0.1) is 0 Å². The van der Waals surface area contributed by atoms with Gasteiger partial charge in [0, 0.05) is 0 Å². The SMILES string of the molecule is CC1CCC[N-]C1.[Li+]. The molecule has 2 heteroatoms. The minimum absolute atomic E-state index is 0. The van der Waals surface area contributed by atoms with Gasteiger partial charge in [-0.25, -0.2) is 0 Å². The Kier molecular flexibility index (Phi) is 4.75. The van der Waals surface area contributed by atoms with Crippen LogP contribution in [0.15, 0.2) is 0 Å². The zero-order valence-corrected chi connectivity index (χ0v) is 5.85. The standard InChI is InChI=1S/C6H12N.Li/c1-6-3-2-4-7-5-6;/h6H,2-5H2,1H3;/q-1;+1. The molecule has 1 nitrogen and oxygen atoms in total. The molecule has 0 aliphatic carbocycles. The summed E-state index contributed by atoms with van der Waals surface area (Å²) in [6.07, 6.45) is 2.71. The summed E-state index contributed by atoms with van der Waals surface area (Å²) in [5.41, 5.74) is 0. The van der Waals surface area contributed by atoms with E-state index in [2.05, 4.69) is 12.2 Å². The van der Waals surface area contributed by atoms with Crippen LogP contribution in [-0.4, -0.2) is 13.1 Å². The van der Waals surface area contributed by atoms with Crippen molar-refractivity contribution in [1.29, 1.82) is 0 Å². The summed E-state index contributed by atoms with van der Waals surface area (Å²) in [6.45, 7) is 4.49. The molecule has 1 unspecified atom stereocenters. The van der Waals surface area contributed by atoms with Crippen molar-refractivity contribution in [2.24, 2.45) is 5.92 Å². The Bertz CT molecular complexity index is 50.5. The van der Waals surface area contributed by atoms with E-state index in [0.29, 0.717) is 0 Å². The van der Waals surface area contributed by atoms with Gasteiger partial charge in [-0.3, -0.25) is 0 Å². The molecular weight excluding hydrogens is 93.0 g/mol. The van der Waals surface area contributed by atoms with E-state index in [-0.39, 0.29) is 18.9 Å². The Hall–Kier alpha value is 0.557. The van der Waals surface area contributed by atoms with Crippen molar-refractivity contribution < 1.29 is 18.9 Å². The van der Waals surface area contributed by atoms with Crippen molar-refractivity contribution in [2.45, 2.75) is 19.8 Å². The molecule has 1 aliphatic rings. The van der Waals surface area contributed by atoms with Crippen molar-refractivity contribution in [3.05, 3.63) is 5.32 Å². The number of hydrogen-bond donors (Lipinski definition) is 0. The monoisotopic (exact) mass is 105 g/mol. The largest absolute Gasteiger partial charge is 1.00 e. The molecule has 0 saturated carbocycles. The Morgan fingerprint density at radius 2 is 2.25 bits per heavy atom. The summed E-state index contributed by atoms with van der Waals surface area (Å²) < 4.78 is 0. The van der Waals surface area contributed by atoms with Crippen LogP contribution < -0.4 is 18.9 Å². The third-order valence-electron chi connectivity index (χ3n) is 1.45. The fraction of sp³-hybridized carbons (Fsp3) is 1.00. The fourth-order valence-electron chi connectivity index (χ4n) is 0.955. The molecule has 0 aromatic carbocycles. The number of nitrogens with zero attached hydrogens (tertiary/aromatic N) is 1. The van der Waals surface area contributed by atoms with Gasteiger partial charge in [-0.05, 0) is 0 Å². The summed E-state index contributed by atoms with van der Waals surface area (Å²) in [5.74, 6) is 0.869. The van der Waals surface area contributed by atoms with Crippen LogP contribution in [0.5, 0.6) is 0 Å². The Morgan fingerprint density at radius 1 is 1.50 bits per heavy atom. The number of rotatable bonds is 0. The zero-order chi connectivity index (χ0) is 5.11. The molecule has 0 bridgehead atoms. The first kappa shape index (κ1) is 8.56. The molecule has 0 amide bonds. The van der Waals surface area contributed by atoms with E-state index in [1.165, 1.54) is 12.8 Å². The van der Waals surface area contributed by atoms with E-state index in [1.54, 1.807) is 0 Å². The van der Waals surface area contributed by atoms with Gasteiger partial charge in [0.15, 0.2) is 0 Å². The third kappa shape index (κ3) is 2.77. The fourth-order valence-corrected chi connectivity index (χ4v) is 0.955. The third-order valence-corrected chi connectivity index (χ3v) is 1.45.